The highest BCUT2D eigenvalue weighted by Gasteiger charge is 2.37. The molecule has 0 spiro atoms. The first-order valence-corrected chi connectivity index (χ1v) is 6.72. The van der Waals surface area contributed by atoms with Crippen LogP contribution in [0.3, 0.4) is 0 Å². The van der Waals surface area contributed by atoms with Crippen molar-refractivity contribution in [3.05, 3.63) is 23.8 Å². The van der Waals surface area contributed by atoms with Crippen LogP contribution in [0, 0.1) is 11.8 Å². The van der Waals surface area contributed by atoms with Crippen LogP contribution in [0.15, 0.2) is 18.2 Å². The molecule has 1 aromatic rings. The van der Waals surface area contributed by atoms with E-state index in [1.165, 1.54) is 14.2 Å². The largest absolute Gasteiger partial charge is 0.497 e. The van der Waals surface area contributed by atoms with Crippen molar-refractivity contribution in [2.45, 2.75) is 6.92 Å². The van der Waals surface area contributed by atoms with Gasteiger partial charge >= 0.3 is 5.97 Å². The summed E-state index contributed by atoms with van der Waals surface area (Å²) < 4.78 is 10.3. The van der Waals surface area contributed by atoms with Crippen molar-refractivity contribution in [3.63, 3.8) is 0 Å². The molecule has 0 bridgehead atoms. The van der Waals surface area contributed by atoms with Crippen molar-refractivity contribution >= 4 is 11.9 Å². The number of nitrogens with zero attached hydrogens (tertiary/aromatic N) is 1. The van der Waals surface area contributed by atoms with E-state index >= 15 is 0 Å². The molecule has 1 saturated heterocycles. The standard InChI is InChI=1S/C15H19NO5/c1-9-7-16(8-12(9)15(18)19)14(17)11-5-4-10(20-2)6-13(11)21-3/h4-6,9,12H,7-8H2,1-3H3,(H,18,19). The molecule has 114 valence electrons. The van der Waals surface area contributed by atoms with E-state index in [4.69, 9.17) is 14.6 Å². The fraction of sp³-hybridized carbons (Fsp3) is 0.467. The third kappa shape index (κ3) is 2.94. The number of hydrogen-bond donors (Lipinski definition) is 1. The van der Waals surface area contributed by atoms with E-state index in [1.54, 1.807) is 23.1 Å². The third-order valence-corrected chi connectivity index (χ3v) is 3.86. The van der Waals surface area contributed by atoms with Gasteiger partial charge in [-0.15, -0.1) is 0 Å². The Bertz CT molecular complexity index is 557. The molecule has 1 aliphatic heterocycles. The van der Waals surface area contributed by atoms with Gasteiger partial charge in [0.25, 0.3) is 5.91 Å². The number of carboxylic acids is 1. The van der Waals surface area contributed by atoms with E-state index in [2.05, 4.69) is 0 Å². The Labute approximate surface area is 123 Å². The van der Waals surface area contributed by atoms with E-state index in [9.17, 15) is 9.59 Å². The lowest BCUT2D eigenvalue weighted by atomic mass is 9.99. The molecular weight excluding hydrogens is 274 g/mol. The lowest BCUT2D eigenvalue weighted by molar-refractivity contribution is -0.142. The summed E-state index contributed by atoms with van der Waals surface area (Å²) in [4.78, 5) is 25.3. The maximum Gasteiger partial charge on any atom is 0.308 e. The van der Waals surface area contributed by atoms with Crippen LogP contribution in [0.5, 0.6) is 11.5 Å². The number of carbonyl (C=O) groups is 2. The van der Waals surface area contributed by atoms with Gasteiger partial charge in [0.15, 0.2) is 0 Å². The molecule has 2 atom stereocenters. The average molecular weight is 293 g/mol. The van der Waals surface area contributed by atoms with E-state index in [0.717, 1.165) is 0 Å². The van der Waals surface area contributed by atoms with Gasteiger partial charge in [-0.1, -0.05) is 6.92 Å². The van der Waals surface area contributed by atoms with E-state index in [0.29, 0.717) is 23.6 Å². The topological polar surface area (TPSA) is 76.1 Å². The molecule has 0 saturated carbocycles. The molecule has 1 aliphatic rings. The average Bonchev–Trinajstić information content (AvgIpc) is 2.88. The number of likely N-dealkylation sites (tertiary alicyclic amines) is 1. The number of hydrogen-bond acceptors (Lipinski definition) is 4. The Hall–Kier alpha value is -2.24. The number of benzene rings is 1. The number of carbonyl (C=O) groups excluding carboxylic acids is 1. The van der Waals surface area contributed by atoms with Crippen LogP contribution in [0.1, 0.15) is 17.3 Å². The number of rotatable bonds is 4. The van der Waals surface area contributed by atoms with Gasteiger partial charge < -0.3 is 19.5 Å². The van der Waals surface area contributed by atoms with Crippen molar-refractivity contribution in [2.75, 3.05) is 27.3 Å². The van der Waals surface area contributed by atoms with Crippen LogP contribution >= 0.6 is 0 Å². The predicted octanol–water partition coefficient (Wildman–Crippen LogP) is 1.50. The molecule has 1 heterocycles. The van der Waals surface area contributed by atoms with Crippen molar-refractivity contribution in [3.8, 4) is 11.5 Å². The highest BCUT2D eigenvalue weighted by Crippen LogP contribution is 2.29. The lowest BCUT2D eigenvalue weighted by Crippen LogP contribution is -2.30. The SMILES string of the molecule is COc1ccc(C(=O)N2CC(C)C(C(=O)O)C2)c(OC)c1. The first-order valence-electron chi connectivity index (χ1n) is 6.72. The van der Waals surface area contributed by atoms with Crippen molar-refractivity contribution in [2.24, 2.45) is 11.8 Å². The number of methoxy groups -OCH3 is 2. The minimum atomic E-state index is -0.862. The van der Waals surface area contributed by atoms with Crippen LogP contribution in [0.4, 0.5) is 0 Å². The minimum absolute atomic E-state index is 0.0595. The summed E-state index contributed by atoms with van der Waals surface area (Å²) in [5.74, 6) is -0.633. The van der Waals surface area contributed by atoms with Gasteiger partial charge in [0.2, 0.25) is 0 Å². The van der Waals surface area contributed by atoms with E-state index < -0.39 is 11.9 Å². The molecule has 0 aliphatic carbocycles. The second kappa shape index (κ2) is 6.03. The molecule has 2 unspecified atom stereocenters. The zero-order valence-electron chi connectivity index (χ0n) is 12.3. The summed E-state index contributed by atoms with van der Waals surface area (Å²) in [5.41, 5.74) is 0.413. The molecular formula is C15H19NO5. The smallest absolute Gasteiger partial charge is 0.308 e. The maximum atomic E-state index is 12.6. The zero-order chi connectivity index (χ0) is 15.6. The fourth-order valence-electron chi connectivity index (χ4n) is 2.60. The molecule has 1 N–H and O–H groups in total. The van der Waals surface area contributed by atoms with E-state index in [1.807, 2.05) is 6.92 Å². The number of carboxylic acid groups (broad SMARTS) is 1. The Morgan fingerprint density at radius 3 is 2.48 bits per heavy atom. The van der Waals surface area contributed by atoms with Gasteiger partial charge in [-0.3, -0.25) is 9.59 Å². The number of amides is 1. The first-order chi connectivity index (χ1) is 9.97. The van der Waals surface area contributed by atoms with E-state index in [-0.39, 0.29) is 18.4 Å². The number of ether oxygens (including phenoxy) is 2. The quantitative estimate of drug-likeness (QED) is 0.910. The van der Waals surface area contributed by atoms with Crippen LogP contribution in [0.25, 0.3) is 0 Å². The van der Waals surface area contributed by atoms with Gasteiger partial charge in [-0.05, 0) is 18.1 Å². The molecule has 0 aromatic heterocycles. The second-order valence-electron chi connectivity index (χ2n) is 5.20. The summed E-state index contributed by atoms with van der Waals surface area (Å²) in [6, 6.07) is 4.96. The zero-order valence-corrected chi connectivity index (χ0v) is 12.3. The Morgan fingerprint density at radius 1 is 1.24 bits per heavy atom. The lowest BCUT2D eigenvalue weighted by Gasteiger charge is -2.18. The number of aliphatic carboxylic acids is 1. The molecule has 6 heteroatoms. The fourth-order valence-corrected chi connectivity index (χ4v) is 2.60. The van der Waals surface area contributed by atoms with Crippen molar-refractivity contribution < 1.29 is 24.2 Å². The van der Waals surface area contributed by atoms with Gasteiger partial charge in [0, 0.05) is 19.2 Å². The normalized spacial score (nSPS) is 21.2. The molecule has 2 rings (SSSR count). The van der Waals surface area contributed by atoms with Crippen LogP contribution in [-0.4, -0.2) is 49.2 Å². The highest BCUT2D eigenvalue weighted by molar-refractivity contribution is 5.97. The molecule has 6 nitrogen and oxygen atoms in total. The highest BCUT2D eigenvalue weighted by atomic mass is 16.5. The summed E-state index contributed by atoms with van der Waals surface area (Å²) in [6.07, 6.45) is 0. The van der Waals surface area contributed by atoms with Gasteiger partial charge in [-0.25, -0.2) is 0 Å². The first kappa shape index (κ1) is 15.2. The summed E-state index contributed by atoms with van der Waals surface area (Å²) in [6.45, 7) is 2.51. The van der Waals surface area contributed by atoms with Crippen molar-refractivity contribution in [1.29, 1.82) is 0 Å². The van der Waals surface area contributed by atoms with Gasteiger partial charge in [0.05, 0.1) is 25.7 Å². The second-order valence-corrected chi connectivity index (χ2v) is 5.20. The molecule has 1 amide bonds. The Morgan fingerprint density at radius 2 is 1.95 bits per heavy atom. The monoisotopic (exact) mass is 293 g/mol. The molecule has 1 fully saturated rings. The predicted molar refractivity (Wildman–Crippen MR) is 75.7 cm³/mol. The molecule has 21 heavy (non-hydrogen) atoms. The third-order valence-electron chi connectivity index (χ3n) is 3.86. The summed E-state index contributed by atoms with van der Waals surface area (Å²) in [7, 11) is 3.02. The minimum Gasteiger partial charge on any atom is -0.497 e. The van der Waals surface area contributed by atoms with Crippen LogP contribution < -0.4 is 9.47 Å². The summed E-state index contributed by atoms with van der Waals surface area (Å²) >= 11 is 0. The maximum absolute atomic E-state index is 12.6. The van der Waals surface area contributed by atoms with Crippen LogP contribution in [0.2, 0.25) is 0 Å². The molecule has 0 radical (unpaired) electrons. The van der Waals surface area contributed by atoms with Gasteiger partial charge in [-0.2, -0.15) is 0 Å². The molecule has 1 aromatic carbocycles. The Kier molecular flexibility index (Phi) is 4.35. The van der Waals surface area contributed by atoms with Crippen LogP contribution in [-0.2, 0) is 4.79 Å². The Balaban J connectivity index is 2.23. The van der Waals surface area contributed by atoms with Gasteiger partial charge in [0.1, 0.15) is 11.5 Å². The summed E-state index contributed by atoms with van der Waals surface area (Å²) in [5, 5.41) is 9.14. The van der Waals surface area contributed by atoms with Crippen molar-refractivity contribution in [1.82, 2.24) is 4.90 Å².